The fraction of sp³-hybridized carbons (Fsp3) is 0.368. The van der Waals surface area contributed by atoms with E-state index in [1.165, 1.54) is 6.07 Å². The van der Waals surface area contributed by atoms with Gasteiger partial charge in [0.1, 0.15) is 6.61 Å². The topological polar surface area (TPSA) is 122 Å². The average Bonchev–Trinajstić information content (AvgIpc) is 2.70. The van der Waals surface area contributed by atoms with E-state index < -0.39 is 11.9 Å². The minimum absolute atomic E-state index is 0.0532. The van der Waals surface area contributed by atoms with Crippen LogP contribution in [0.15, 0.2) is 40.3 Å². The maximum absolute atomic E-state index is 12.0. The Morgan fingerprint density at radius 2 is 2.10 bits per heavy atom. The number of thioether (sulfide) groups is 1. The Kier molecular flexibility index (Phi) is 7.12. The van der Waals surface area contributed by atoms with Gasteiger partial charge < -0.3 is 19.8 Å². The molecule has 1 aromatic carbocycles. The smallest absolute Gasteiger partial charge is 0.321 e. The summed E-state index contributed by atoms with van der Waals surface area (Å²) >= 11 is 1.06. The number of H-pyrrole nitrogens is 1. The zero-order valence-electron chi connectivity index (χ0n) is 15.9. The molecule has 154 valence electrons. The zero-order valence-corrected chi connectivity index (χ0v) is 16.7. The van der Waals surface area contributed by atoms with Gasteiger partial charge in [-0.1, -0.05) is 37.2 Å². The van der Waals surface area contributed by atoms with Crippen molar-refractivity contribution in [2.75, 3.05) is 18.9 Å². The Bertz CT molecular complexity index is 933. The fourth-order valence-electron chi connectivity index (χ4n) is 2.65. The Labute approximate surface area is 171 Å². The lowest BCUT2D eigenvalue weighted by atomic mass is 10.2. The molecule has 3 rings (SSSR count). The first-order valence-corrected chi connectivity index (χ1v) is 10.2. The third kappa shape index (κ3) is 6.24. The number of hydrogen-bond acceptors (Lipinski definition) is 7. The molecule has 0 saturated heterocycles. The second-order valence-electron chi connectivity index (χ2n) is 6.34. The van der Waals surface area contributed by atoms with Gasteiger partial charge in [-0.25, -0.2) is 9.78 Å². The van der Waals surface area contributed by atoms with Crippen LogP contribution in [-0.2, 0) is 11.2 Å². The molecular weight excluding hydrogens is 396 g/mol. The van der Waals surface area contributed by atoms with Crippen LogP contribution < -0.4 is 25.7 Å². The van der Waals surface area contributed by atoms with E-state index in [9.17, 15) is 14.4 Å². The third-order valence-corrected chi connectivity index (χ3v) is 4.80. The van der Waals surface area contributed by atoms with E-state index in [0.29, 0.717) is 35.4 Å². The molecule has 2 heterocycles. The van der Waals surface area contributed by atoms with Crippen molar-refractivity contribution in [1.82, 2.24) is 20.6 Å². The molecule has 1 aliphatic heterocycles. The molecule has 0 fully saturated rings. The van der Waals surface area contributed by atoms with Gasteiger partial charge in [-0.15, -0.1) is 0 Å². The summed E-state index contributed by atoms with van der Waals surface area (Å²) in [7, 11) is 0. The monoisotopic (exact) mass is 418 g/mol. The van der Waals surface area contributed by atoms with Gasteiger partial charge in [-0.2, -0.15) is 0 Å². The van der Waals surface area contributed by atoms with Crippen LogP contribution in [0.25, 0.3) is 0 Å². The number of fused-ring (bicyclic) bond motifs is 1. The molecule has 0 radical (unpaired) electrons. The van der Waals surface area contributed by atoms with Gasteiger partial charge in [-0.3, -0.25) is 14.9 Å². The number of benzene rings is 1. The quantitative estimate of drug-likeness (QED) is 0.460. The van der Waals surface area contributed by atoms with Crippen molar-refractivity contribution in [1.29, 1.82) is 0 Å². The van der Waals surface area contributed by atoms with Crippen LogP contribution in [0.4, 0.5) is 4.79 Å². The number of nitrogens with zero attached hydrogens (tertiary/aromatic N) is 1. The molecule has 10 heteroatoms. The molecule has 0 unspecified atom stereocenters. The van der Waals surface area contributed by atoms with Crippen LogP contribution in [0.5, 0.6) is 11.5 Å². The van der Waals surface area contributed by atoms with E-state index in [-0.39, 0.29) is 24.0 Å². The molecule has 0 spiro atoms. The Morgan fingerprint density at radius 1 is 1.31 bits per heavy atom. The van der Waals surface area contributed by atoms with Crippen molar-refractivity contribution < 1.29 is 19.1 Å². The molecule has 3 N–H and O–H groups in total. The number of urea groups is 1. The molecule has 0 saturated carbocycles. The second kappa shape index (κ2) is 9.97. The standard InChI is InChI=1S/C19H22N4O5S/c1-2-5-12-8-16(24)23-19(21-12)29-11-17(25)22-18(26)20-9-13-10-27-14-6-3-4-7-15(14)28-13/h3-4,6-8,13H,2,5,9-11H2,1H3,(H,21,23,24)(H2,20,22,25,26)/t13-/m0/s1. The van der Waals surface area contributed by atoms with Gasteiger partial charge in [0.05, 0.1) is 12.3 Å². The molecule has 0 bridgehead atoms. The van der Waals surface area contributed by atoms with Crippen LogP contribution in [0.1, 0.15) is 19.0 Å². The van der Waals surface area contributed by atoms with Crippen molar-refractivity contribution in [2.24, 2.45) is 0 Å². The number of aromatic amines is 1. The van der Waals surface area contributed by atoms with Gasteiger partial charge in [0, 0.05) is 11.8 Å². The summed E-state index contributed by atoms with van der Waals surface area (Å²) in [6.07, 6.45) is 1.20. The van der Waals surface area contributed by atoms with E-state index in [2.05, 4.69) is 20.6 Å². The van der Waals surface area contributed by atoms with Crippen molar-refractivity contribution in [3.8, 4) is 11.5 Å². The number of aromatic nitrogens is 2. The number of ether oxygens (including phenoxy) is 2. The first kappa shape index (κ1) is 20.7. The maximum Gasteiger partial charge on any atom is 0.321 e. The van der Waals surface area contributed by atoms with Gasteiger partial charge in [0.15, 0.2) is 22.8 Å². The van der Waals surface area contributed by atoms with Crippen LogP contribution in [0.2, 0.25) is 0 Å². The molecule has 3 amide bonds. The Balaban J connectivity index is 1.41. The van der Waals surface area contributed by atoms with Crippen LogP contribution in [0.3, 0.4) is 0 Å². The lowest BCUT2D eigenvalue weighted by Gasteiger charge is -2.26. The lowest BCUT2D eigenvalue weighted by Crippen LogP contribution is -2.46. The molecule has 0 aliphatic carbocycles. The van der Waals surface area contributed by atoms with E-state index in [1.807, 2.05) is 25.1 Å². The highest BCUT2D eigenvalue weighted by Gasteiger charge is 2.21. The highest BCUT2D eigenvalue weighted by molar-refractivity contribution is 7.99. The zero-order chi connectivity index (χ0) is 20.6. The van der Waals surface area contributed by atoms with E-state index in [1.54, 1.807) is 6.07 Å². The van der Waals surface area contributed by atoms with Gasteiger partial charge in [0.25, 0.3) is 5.56 Å². The number of carbonyl (C=O) groups is 2. The number of aryl methyl sites for hydroxylation is 1. The van der Waals surface area contributed by atoms with Crippen LogP contribution >= 0.6 is 11.8 Å². The largest absolute Gasteiger partial charge is 0.486 e. The Morgan fingerprint density at radius 3 is 2.90 bits per heavy atom. The SMILES string of the molecule is CCCc1cc(=O)[nH]c(SCC(=O)NC(=O)NC[C@H]2COc3ccccc3O2)n1. The number of hydrogen-bond donors (Lipinski definition) is 3. The average molecular weight is 418 g/mol. The normalized spacial score (nSPS) is 14.9. The van der Waals surface area contributed by atoms with E-state index >= 15 is 0 Å². The Hall–Kier alpha value is -3.01. The van der Waals surface area contributed by atoms with Crippen LogP contribution in [-0.4, -0.2) is 46.9 Å². The number of rotatable bonds is 7. The summed E-state index contributed by atoms with van der Waals surface area (Å²) in [6.45, 7) is 2.48. The highest BCUT2D eigenvalue weighted by Crippen LogP contribution is 2.30. The number of imide groups is 1. The number of amides is 3. The van der Waals surface area contributed by atoms with Crippen molar-refractivity contribution >= 4 is 23.7 Å². The van der Waals surface area contributed by atoms with Gasteiger partial charge in [-0.05, 0) is 18.6 Å². The highest BCUT2D eigenvalue weighted by atomic mass is 32.2. The lowest BCUT2D eigenvalue weighted by molar-refractivity contribution is -0.117. The first-order chi connectivity index (χ1) is 14.0. The predicted molar refractivity (Wildman–Crippen MR) is 107 cm³/mol. The minimum Gasteiger partial charge on any atom is -0.486 e. The van der Waals surface area contributed by atoms with Crippen molar-refractivity contribution in [3.05, 3.63) is 46.4 Å². The maximum atomic E-state index is 12.0. The number of nitrogens with one attached hydrogen (secondary N) is 3. The van der Waals surface area contributed by atoms with Gasteiger partial charge in [0.2, 0.25) is 5.91 Å². The summed E-state index contributed by atoms with van der Waals surface area (Å²) in [5.74, 6) is 0.727. The summed E-state index contributed by atoms with van der Waals surface area (Å²) in [5, 5.41) is 5.18. The third-order valence-electron chi connectivity index (χ3n) is 3.93. The predicted octanol–water partition coefficient (Wildman–Crippen LogP) is 1.48. The summed E-state index contributed by atoms with van der Waals surface area (Å²) in [6, 6.07) is 8.10. The molecule has 2 aromatic rings. The van der Waals surface area contributed by atoms with Gasteiger partial charge >= 0.3 is 6.03 Å². The first-order valence-electron chi connectivity index (χ1n) is 9.22. The van der Waals surface area contributed by atoms with Crippen LogP contribution in [0, 0.1) is 0 Å². The molecule has 9 nitrogen and oxygen atoms in total. The minimum atomic E-state index is -0.626. The molecule has 1 aliphatic rings. The van der Waals surface area contributed by atoms with Crippen molar-refractivity contribution in [2.45, 2.75) is 31.0 Å². The fourth-order valence-corrected chi connectivity index (χ4v) is 3.34. The molecular formula is C19H22N4O5S. The molecule has 1 atom stereocenters. The van der Waals surface area contributed by atoms with E-state index in [0.717, 1.165) is 18.2 Å². The molecule has 29 heavy (non-hydrogen) atoms. The molecule has 1 aromatic heterocycles. The number of carbonyl (C=O) groups excluding carboxylic acids is 2. The summed E-state index contributed by atoms with van der Waals surface area (Å²) < 4.78 is 11.3. The summed E-state index contributed by atoms with van der Waals surface area (Å²) in [5.41, 5.74) is 0.411. The van der Waals surface area contributed by atoms with E-state index in [4.69, 9.17) is 9.47 Å². The number of para-hydroxylation sites is 2. The summed E-state index contributed by atoms with van der Waals surface area (Å²) in [4.78, 5) is 42.4. The van der Waals surface area contributed by atoms with Crippen molar-refractivity contribution in [3.63, 3.8) is 0 Å². The second-order valence-corrected chi connectivity index (χ2v) is 7.30.